The van der Waals surface area contributed by atoms with Crippen LogP contribution in [0.1, 0.15) is 18.5 Å². The summed E-state index contributed by atoms with van der Waals surface area (Å²) in [7, 11) is 2.13. The highest BCUT2D eigenvalue weighted by molar-refractivity contribution is 5.68. The van der Waals surface area contributed by atoms with E-state index in [1.165, 1.54) is 0 Å². The van der Waals surface area contributed by atoms with E-state index in [0.717, 1.165) is 58.0 Å². The van der Waals surface area contributed by atoms with E-state index in [1.54, 1.807) is 6.07 Å². The predicted molar refractivity (Wildman–Crippen MR) is 82.2 cm³/mol. The molecule has 6 nitrogen and oxygen atoms in total. The number of anilines is 2. The molecule has 3 heterocycles. The van der Waals surface area contributed by atoms with Gasteiger partial charge in [0, 0.05) is 32.8 Å². The number of rotatable bonds is 3. The maximum Gasteiger partial charge on any atom is 0.133 e. The second-order valence-electron chi connectivity index (χ2n) is 5.96. The molecule has 1 atom stereocenters. The Morgan fingerprint density at radius 2 is 2.14 bits per heavy atom. The molecule has 0 aromatic carbocycles. The minimum atomic E-state index is 0.204. The van der Waals surface area contributed by atoms with Crippen LogP contribution in [-0.2, 0) is 11.3 Å². The van der Waals surface area contributed by atoms with Crippen LogP contribution in [0.2, 0.25) is 0 Å². The fourth-order valence-corrected chi connectivity index (χ4v) is 3.20. The van der Waals surface area contributed by atoms with E-state index >= 15 is 0 Å². The third-order valence-electron chi connectivity index (χ3n) is 4.42. The number of nitrogens with zero attached hydrogens (tertiary/aromatic N) is 4. The highest BCUT2D eigenvalue weighted by Gasteiger charge is 2.25. The molecular weight excluding hydrogens is 266 g/mol. The van der Waals surface area contributed by atoms with Gasteiger partial charge in [-0.25, -0.2) is 0 Å². The van der Waals surface area contributed by atoms with Crippen molar-refractivity contribution in [1.82, 2.24) is 9.47 Å². The lowest BCUT2D eigenvalue weighted by Gasteiger charge is -2.35. The number of aromatic nitrogens is 1. The SMILES string of the molecule is CN1CCN(c2c(N)cc(C#N)n2CC2CCCO2)CC1. The summed E-state index contributed by atoms with van der Waals surface area (Å²) in [5.41, 5.74) is 7.53. The molecule has 2 fully saturated rings. The molecule has 1 aromatic heterocycles. The Hall–Kier alpha value is -1.71. The number of piperazine rings is 1. The van der Waals surface area contributed by atoms with Crippen molar-refractivity contribution in [3.8, 4) is 6.07 Å². The van der Waals surface area contributed by atoms with Gasteiger partial charge >= 0.3 is 0 Å². The molecule has 1 aromatic rings. The van der Waals surface area contributed by atoms with Crippen molar-refractivity contribution >= 4 is 11.5 Å². The molecule has 2 aliphatic rings. The summed E-state index contributed by atoms with van der Waals surface area (Å²) in [6.45, 7) is 5.48. The standard InChI is InChI=1S/C15H23N5O/c1-18-4-6-19(7-5-18)15-14(17)9-12(10-16)20(15)11-13-3-2-8-21-13/h9,13H,2-8,11,17H2,1H3. The van der Waals surface area contributed by atoms with E-state index in [1.807, 2.05) is 0 Å². The van der Waals surface area contributed by atoms with E-state index < -0.39 is 0 Å². The van der Waals surface area contributed by atoms with Crippen molar-refractivity contribution in [2.75, 3.05) is 50.5 Å². The zero-order valence-electron chi connectivity index (χ0n) is 12.6. The van der Waals surface area contributed by atoms with Gasteiger partial charge in [-0.05, 0) is 26.0 Å². The lowest BCUT2D eigenvalue weighted by molar-refractivity contribution is 0.0971. The first-order valence-electron chi connectivity index (χ1n) is 7.63. The monoisotopic (exact) mass is 289 g/mol. The molecule has 0 radical (unpaired) electrons. The van der Waals surface area contributed by atoms with Crippen molar-refractivity contribution in [1.29, 1.82) is 5.26 Å². The van der Waals surface area contributed by atoms with E-state index in [0.29, 0.717) is 11.4 Å². The minimum Gasteiger partial charge on any atom is -0.396 e. The van der Waals surface area contributed by atoms with Gasteiger partial charge in [0.05, 0.1) is 18.3 Å². The molecule has 0 spiro atoms. The molecule has 2 N–H and O–H groups in total. The lowest BCUT2D eigenvalue weighted by Crippen LogP contribution is -2.45. The molecule has 0 bridgehead atoms. The van der Waals surface area contributed by atoms with Crippen LogP contribution in [0, 0.1) is 11.3 Å². The Labute approximate surface area is 125 Å². The van der Waals surface area contributed by atoms with Gasteiger partial charge in [0.15, 0.2) is 0 Å². The summed E-state index contributed by atoms with van der Waals surface area (Å²) >= 11 is 0. The molecule has 114 valence electrons. The van der Waals surface area contributed by atoms with Gasteiger partial charge in [-0.15, -0.1) is 0 Å². The molecule has 0 saturated carbocycles. The Balaban J connectivity index is 1.87. The topological polar surface area (TPSA) is 70.5 Å². The van der Waals surface area contributed by atoms with E-state index in [9.17, 15) is 5.26 Å². The number of nitriles is 1. The van der Waals surface area contributed by atoms with Crippen molar-refractivity contribution in [2.45, 2.75) is 25.5 Å². The zero-order chi connectivity index (χ0) is 14.8. The van der Waals surface area contributed by atoms with Crippen LogP contribution in [0.5, 0.6) is 0 Å². The lowest BCUT2D eigenvalue weighted by atomic mass is 10.2. The number of hydrogen-bond acceptors (Lipinski definition) is 5. The fourth-order valence-electron chi connectivity index (χ4n) is 3.20. The molecular formula is C15H23N5O. The first kappa shape index (κ1) is 14.2. The number of likely N-dealkylation sites (N-methyl/N-ethyl adjacent to an activating group) is 1. The van der Waals surface area contributed by atoms with Gasteiger partial charge in [0.1, 0.15) is 17.6 Å². The first-order valence-corrected chi connectivity index (χ1v) is 7.63. The Morgan fingerprint density at radius 1 is 1.38 bits per heavy atom. The third-order valence-corrected chi connectivity index (χ3v) is 4.42. The average Bonchev–Trinajstić information content (AvgIpc) is 3.09. The Kier molecular flexibility index (Phi) is 4.04. The fraction of sp³-hybridized carbons (Fsp3) is 0.667. The summed E-state index contributed by atoms with van der Waals surface area (Å²) < 4.78 is 7.78. The summed E-state index contributed by atoms with van der Waals surface area (Å²) in [6, 6.07) is 4.06. The number of hydrogen-bond donors (Lipinski definition) is 1. The van der Waals surface area contributed by atoms with Crippen LogP contribution in [0.15, 0.2) is 6.07 Å². The quantitative estimate of drug-likeness (QED) is 0.894. The van der Waals surface area contributed by atoms with Crippen LogP contribution in [-0.4, -0.2) is 55.4 Å². The molecule has 0 amide bonds. The van der Waals surface area contributed by atoms with Crippen LogP contribution in [0.25, 0.3) is 0 Å². The van der Waals surface area contributed by atoms with E-state index in [2.05, 4.69) is 27.5 Å². The first-order chi connectivity index (χ1) is 10.2. The van der Waals surface area contributed by atoms with Gasteiger partial charge in [0.2, 0.25) is 0 Å². The van der Waals surface area contributed by atoms with E-state index in [-0.39, 0.29) is 6.10 Å². The second-order valence-corrected chi connectivity index (χ2v) is 5.96. The van der Waals surface area contributed by atoms with Crippen molar-refractivity contribution in [2.24, 2.45) is 0 Å². The molecule has 1 unspecified atom stereocenters. The highest BCUT2D eigenvalue weighted by Crippen LogP contribution is 2.30. The van der Waals surface area contributed by atoms with Crippen LogP contribution >= 0.6 is 0 Å². The maximum absolute atomic E-state index is 9.38. The van der Waals surface area contributed by atoms with Gasteiger partial charge in [-0.3, -0.25) is 0 Å². The van der Waals surface area contributed by atoms with Gasteiger partial charge in [0.25, 0.3) is 0 Å². The minimum absolute atomic E-state index is 0.204. The Morgan fingerprint density at radius 3 is 2.76 bits per heavy atom. The molecule has 2 saturated heterocycles. The normalized spacial score (nSPS) is 23.4. The van der Waals surface area contributed by atoms with E-state index in [4.69, 9.17) is 10.5 Å². The number of nitrogens with two attached hydrogens (primary N) is 1. The number of nitrogen functional groups attached to an aromatic ring is 1. The molecule has 21 heavy (non-hydrogen) atoms. The van der Waals surface area contributed by atoms with Crippen molar-refractivity contribution < 1.29 is 4.74 Å². The van der Waals surface area contributed by atoms with Crippen LogP contribution < -0.4 is 10.6 Å². The maximum atomic E-state index is 9.38. The van der Waals surface area contributed by atoms with Gasteiger partial charge in [-0.1, -0.05) is 0 Å². The van der Waals surface area contributed by atoms with Crippen LogP contribution in [0.4, 0.5) is 11.5 Å². The largest absolute Gasteiger partial charge is 0.396 e. The summed E-state index contributed by atoms with van der Waals surface area (Å²) in [5.74, 6) is 0.996. The van der Waals surface area contributed by atoms with Gasteiger partial charge in [-0.2, -0.15) is 5.26 Å². The zero-order valence-corrected chi connectivity index (χ0v) is 12.6. The third kappa shape index (κ3) is 2.85. The summed E-state index contributed by atoms with van der Waals surface area (Å²) in [4.78, 5) is 4.61. The second kappa shape index (κ2) is 5.96. The van der Waals surface area contributed by atoms with Crippen molar-refractivity contribution in [3.05, 3.63) is 11.8 Å². The smallest absolute Gasteiger partial charge is 0.133 e. The molecule has 6 heteroatoms. The predicted octanol–water partition coefficient (Wildman–Crippen LogP) is 0.873. The number of ether oxygens (including phenoxy) is 1. The molecule has 3 rings (SSSR count). The van der Waals surface area contributed by atoms with Crippen molar-refractivity contribution in [3.63, 3.8) is 0 Å². The van der Waals surface area contributed by atoms with Gasteiger partial charge < -0.3 is 24.8 Å². The molecule has 2 aliphatic heterocycles. The Bertz CT molecular complexity index is 533. The molecule has 0 aliphatic carbocycles. The highest BCUT2D eigenvalue weighted by atomic mass is 16.5. The van der Waals surface area contributed by atoms with Crippen LogP contribution in [0.3, 0.4) is 0 Å². The average molecular weight is 289 g/mol. The summed E-state index contributed by atoms with van der Waals surface area (Å²) in [5, 5.41) is 9.38. The summed E-state index contributed by atoms with van der Waals surface area (Å²) in [6.07, 6.45) is 2.37.